The average Bonchev–Trinajstić information content (AvgIpc) is 2.72. The van der Waals surface area contributed by atoms with Gasteiger partial charge in [-0.25, -0.2) is 4.90 Å². The standard InChI is InChI=1S/C19H25N7O2/c1-15-6-4-5-7-16(15)28-13-10-26(14-20)19-22-17(24(2)3)21-18(23-19)25-8-11-27-12-9-25/h4-7H,8-13H2,1-3H3. The molecule has 1 aromatic carbocycles. The number of anilines is 3. The molecule has 3 rings (SSSR count). The van der Waals surface area contributed by atoms with Crippen molar-refractivity contribution in [2.75, 3.05) is 68.2 Å². The molecule has 0 aliphatic carbocycles. The fourth-order valence-electron chi connectivity index (χ4n) is 2.73. The Morgan fingerprint density at radius 1 is 1.14 bits per heavy atom. The molecule has 0 unspecified atom stereocenters. The highest BCUT2D eigenvalue weighted by Crippen LogP contribution is 2.19. The van der Waals surface area contributed by atoms with Gasteiger partial charge in [-0.2, -0.15) is 20.2 Å². The number of hydrogen-bond acceptors (Lipinski definition) is 9. The highest BCUT2D eigenvalue weighted by Gasteiger charge is 2.20. The number of ether oxygens (including phenoxy) is 2. The van der Waals surface area contributed by atoms with E-state index >= 15 is 0 Å². The summed E-state index contributed by atoms with van der Waals surface area (Å²) < 4.78 is 11.2. The molecule has 1 aliphatic heterocycles. The Morgan fingerprint density at radius 3 is 2.54 bits per heavy atom. The summed E-state index contributed by atoms with van der Waals surface area (Å²) in [6.45, 7) is 5.34. The fourth-order valence-corrected chi connectivity index (χ4v) is 2.73. The number of morpholine rings is 1. The SMILES string of the molecule is Cc1ccccc1OCCN(C#N)c1nc(N(C)C)nc(N2CCOCC2)n1. The van der Waals surface area contributed by atoms with Gasteiger partial charge in [0.25, 0.3) is 0 Å². The van der Waals surface area contributed by atoms with Crippen molar-refractivity contribution in [2.24, 2.45) is 0 Å². The average molecular weight is 383 g/mol. The van der Waals surface area contributed by atoms with Gasteiger partial charge < -0.3 is 19.3 Å². The van der Waals surface area contributed by atoms with E-state index in [-0.39, 0.29) is 0 Å². The number of aryl methyl sites for hydroxylation is 1. The van der Waals surface area contributed by atoms with Gasteiger partial charge in [-0.3, -0.25) is 0 Å². The third kappa shape index (κ3) is 4.78. The summed E-state index contributed by atoms with van der Waals surface area (Å²) in [6.07, 6.45) is 2.15. The third-order valence-electron chi connectivity index (χ3n) is 4.32. The van der Waals surface area contributed by atoms with Crippen molar-refractivity contribution >= 4 is 17.8 Å². The topological polar surface area (TPSA) is 90.6 Å². The molecule has 0 bridgehead atoms. The molecule has 0 atom stereocenters. The molecule has 0 amide bonds. The second-order valence-corrected chi connectivity index (χ2v) is 6.59. The van der Waals surface area contributed by atoms with E-state index in [2.05, 4.69) is 21.1 Å². The number of para-hydroxylation sites is 1. The molecule has 28 heavy (non-hydrogen) atoms. The fraction of sp³-hybridized carbons (Fsp3) is 0.474. The Balaban J connectivity index is 1.76. The summed E-state index contributed by atoms with van der Waals surface area (Å²) in [5.41, 5.74) is 1.05. The van der Waals surface area contributed by atoms with Crippen LogP contribution >= 0.6 is 0 Å². The van der Waals surface area contributed by atoms with E-state index in [1.807, 2.05) is 50.2 Å². The number of aromatic nitrogens is 3. The minimum absolute atomic E-state index is 0.316. The first-order chi connectivity index (χ1) is 13.6. The Morgan fingerprint density at radius 2 is 1.86 bits per heavy atom. The molecular weight excluding hydrogens is 358 g/mol. The Hall–Kier alpha value is -3.12. The number of benzene rings is 1. The lowest BCUT2D eigenvalue weighted by molar-refractivity contribution is 0.122. The quantitative estimate of drug-likeness (QED) is 0.520. The summed E-state index contributed by atoms with van der Waals surface area (Å²) in [6, 6.07) is 7.79. The first-order valence-corrected chi connectivity index (χ1v) is 9.20. The molecule has 1 aliphatic rings. The minimum atomic E-state index is 0.316. The second kappa shape index (κ2) is 9.19. The van der Waals surface area contributed by atoms with Crippen molar-refractivity contribution in [2.45, 2.75) is 6.92 Å². The number of nitriles is 1. The monoisotopic (exact) mass is 383 g/mol. The highest BCUT2D eigenvalue weighted by atomic mass is 16.5. The maximum absolute atomic E-state index is 9.63. The van der Waals surface area contributed by atoms with Gasteiger partial charge >= 0.3 is 0 Å². The Kier molecular flexibility index (Phi) is 6.45. The van der Waals surface area contributed by atoms with Crippen LogP contribution in [-0.4, -0.2) is 68.5 Å². The maximum Gasteiger partial charge on any atom is 0.245 e. The zero-order valence-corrected chi connectivity index (χ0v) is 16.5. The molecule has 1 fully saturated rings. The van der Waals surface area contributed by atoms with Crippen LogP contribution < -0.4 is 19.4 Å². The van der Waals surface area contributed by atoms with E-state index < -0.39 is 0 Å². The van der Waals surface area contributed by atoms with Crippen molar-refractivity contribution in [1.82, 2.24) is 15.0 Å². The molecule has 1 aromatic heterocycles. The summed E-state index contributed by atoms with van der Waals surface area (Å²) in [7, 11) is 3.72. The zero-order chi connectivity index (χ0) is 19.9. The minimum Gasteiger partial charge on any atom is -0.491 e. The van der Waals surface area contributed by atoms with E-state index in [1.54, 1.807) is 4.90 Å². The number of rotatable bonds is 7. The predicted molar refractivity (Wildman–Crippen MR) is 107 cm³/mol. The van der Waals surface area contributed by atoms with E-state index in [9.17, 15) is 5.26 Å². The van der Waals surface area contributed by atoms with Crippen LogP contribution in [0.25, 0.3) is 0 Å². The molecule has 0 N–H and O–H groups in total. The predicted octanol–water partition coefficient (Wildman–Crippen LogP) is 1.45. The highest BCUT2D eigenvalue weighted by molar-refractivity contribution is 5.48. The van der Waals surface area contributed by atoms with Crippen LogP contribution in [0, 0.1) is 18.4 Å². The van der Waals surface area contributed by atoms with Gasteiger partial charge in [0.1, 0.15) is 12.4 Å². The molecule has 0 saturated carbocycles. The summed E-state index contributed by atoms with van der Waals surface area (Å²) in [5, 5.41) is 9.63. The number of hydrogen-bond donors (Lipinski definition) is 0. The van der Waals surface area contributed by atoms with E-state index in [4.69, 9.17) is 9.47 Å². The lowest BCUT2D eigenvalue weighted by Crippen LogP contribution is -2.38. The molecule has 0 radical (unpaired) electrons. The largest absolute Gasteiger partial charge is 0.491 e. The molecule has 9 nitrogen and oxygen atoms in total. The van der Waals surface area contributed by atoms with Gasteiger partial charge in [-0.15, -0.1) is 0 Å². The summed E-state index contributed by atoms with van der Waals surface area (Å²) in [5.74, 6) is 2.18. The smallest absolute Gasteiger partial charge is 0.245 e. The third-order valence-corrected chi connectivity index (χ3v) is 4.32. The molecule has 1 saturated heterocycles. The van der Waals surface area contributed by atoms with Gasteiger partial charge in [-0.1, -0.05) is 18.2 Å². The van der Waals surface area contributed by atoms with Crippen molar-refractivity contribution in [1.29, 1.82) is 5.26 Å². The van der Waals surface area contributed by atoms with E-state index in [0.29, 0.717) is 57.3 Å². The zero-order valence-electron chi connectivity index (χ0n) is 16.5. The molecule has 148 valence electrons. The van der Waals surface area contributed by atoms with Crippen LogP contribution in [-0.2, 0) is 4.74 Å². The van der Waals surface area contributed by atoms with Crippen molar-refractivity contribution < 1.29 is 9.47 Å². The van der Waals surface area contributed by atoms with Crippen LogP contribution in [0.1, 0.15) is 5.56 Å². The van der Waals surface area contributed by atoms with Gasteiger partial charge in [0.2, 0.25) is 17.8 Å². The van der Waals surface area contributed by atoms with Gasteiger partial charge in [0, 0.05) is 27.2 Å². The number of nitrogens with zero attached hydrogens (tertiary/aromatic N) is 7. The van der Waals surface area contributed by atoms with Crippen LogP contribution in [0.2, 0.25) is 0 Å². The van der Waals surface area contributed by atoms with Crippen molar-refractivity contribution in [3.05, 3.63) is 29.8 Å². The van der Waals surface area contributed by atoms with E-state index in [0.717, 1.165) is 11.3 Å². The van der Waals surface area contributed by atoms with Gasteiger partial charge in [0.05, 0.1) is 19.8 Å². The normalized spacial score (nSPS) is 13.7. The van der Waals surface area contributed by atoms with Crippen molar-refractivity contribution in [3.8, 4) is 11.9 Å². The molecule has 9 heteroatoms. The maximum atomic E-state index is 9.63. The molecule has 2 aromatic rings. The first-order valence-electron chi connectivity index (χ1n) is 9.20. The molecular formula is C19H25N7O2. The molecule has 2 heterocycles. The first kappa shape index (κ1) is 19.6. The summed E-state index contributed by atoms with van der Waals surface area (Å²) >= 11 is 0. The Labute approximate surface area is 165 Å². The van der Waals surface area contributed by atoms with Crippen LogP contribution in [0.3, 0.4) is 0 Å². The Bertz CT molecular complexity index is 831. The lowest BCUT2D eigenvalue weighted by atomic mass is 10.2. The summed E-state index contributed by atoms with van der Waals surface area (Å²) in [4.78, 5) is 18.7. The lowest BCUT2D eigenvalue weighted by Gasteiger charge is -2.28. The second-order valence-electron chi connectivity index (χ2n) is 6.59. The van der Waals surface area contributed by atoms with Gasteiger partial charge in [0.15, 0.2) is 6.19 Å². The van der Waals surface area contributed by atoms with Gasteiger partial charge in [-0.05, 0) is 18.6 Å². The van der Waals surface area contributed by atoms with Crippen LogP contribution in [0.15, 0.2) is 24.3 Å². The van der Waals surface area contributed by atoms with Crippen LogP contribution in [0.4, 0.5) is 17.8 Å². The molecule has 0 spiro atoms. The van der Waals surface area contributed by atoms with Crippen LogP contribution in [0.5, 0.6) is 5.75 Å². The van der Waals surface area contributed by atoms with Crippen molar-refractivity contribution in [3.63, 3.8) is 0 Å². The van der Waals surface area contributed by atoms with E-state index in [1.165, 1.54) is 4.90 Å².